The van der Waals surface area contributed by atoms with Gasteiger partial charge in [-0.3, -0.25) is 0 Å². The molecule has 136 valence electrons. The SMILES string of the molecule is C1CC[CH]([Sn]([CH]2CCCCC2)([CH]2CCCCC2)[C]23CC(C2)C3)CC1. The molecule has 6 aliphatic rings. The minimum absolute atomic E-state index is 1.06. The third-order valence-corrected chi connectivity index (χ3v) is 33.3. The molecule has 0 saturated heterocycles. The van der Waals surface area contributed by atoms with E-state index in [4.69, 9.17) is 0 Å². The zero-order valence-electron chi connectivity index (χ0n) is 16.0. The summed E-state index contributed by atoms with van der Waals surface area (Å²) in [6.45, 7) is 0. The van der Waals surface area contributed by atoms with Gasteiger partial charge in [0.15, 0.2) is 0 Å². The zero-order chi connectivity index (χ0) is 16.0. The normalized spacial score (nSPS) is 39.2. The molecule has 6 saturated carbocycles. The van der Waals surface area contributed by atoms with Crippen molar-refractivity contribution < 1.29 is 0 Å². The molecule has 0 aromatic carbocycles. The van der Waals surface area contributed by atoms with E-state index in [0.717, 1.165) is 3.43 Å². The van der Waals surface area contributed by atoms with Gasteiger partial charge in [-0.05, 0) is 0 Å². The third kappa shape index (κ3) is 2.43. The molecule has 0 heterocycles. The molecule has 0 atom stereocenters. The molecule has 0 aromatic rings. The molecule has 0 amide bonds. The summed E-state index contributed by atoms with van der Waals surface area (Å²) in [4.78, 5) is 0. The van der Waals surface area contributed by atoms with Crippen LogP contribution in [0.2, 0.25) is 15.2 Å². The third-order valence-electron chi connectivity index (χ3n) is 9.80. The Kier molecular flexibility index (Phi) is 4.77. The predicted molar refractivity (Wildman–Crippen MR) is 106 cm³/mol. The first-order valence-corrected chi connectivity index (χ1v) is 18.2. The second-order valence-corrected chi connectivity index (χ2v) is 26.0. The Bertz CT molecular complexity index is 374. The van der Waals surface area contributed by atoms with Crippen molar-refractivity contribution in [3.05, 3.63) is 0 Å². The van der Waals surface area contributed by atoms with Gasteiger partial charge in [0.1, 0.15) is 0 Å². The van der Waals surface area contributed by atoms with Crippen LogP contribution in [0, 0.1) is 5.92 Å². The number of hydrogen-bond acceptors (Lipinski definition) is 0. The quantitative estimate of drug-likeness (QED) is 0.393. The Morgan fingerprint density at radius 1 is 0.458 bits per heavy atom. The molecule has 0 spiro atoms. The van der Waals surface area contributed by atoms with Gasteiger partial charge in [-0.1, -0.05) is 0 Å². The fourth-order valence-electron chi connectivity index (χ4n) is 9.05. The summed E-state index contributed by atoms with van der Waals surface area (Å²) >= 11 is -2.18. The van der Waals surface area contributed by atoms with Crippen LogP contribution >= 0.6 is 0 Å². The van der Waals surface area contributed by atoms with Gasteiger partial charge < -0.3 is 0 Å². The average Bonchev–Trinajstić information content (AvgIpc) is 2.59. The average molecular weight is 435 g/mol. The van der Waals surface area contributed by atoms with Crippen LogP contribution in [0.5, 0.6) is 0 Å². The maximum absolute atomic E-state index is 2.18. The molecule has 1 heteroatoms. The van der Waals surface area contributed by atoms with E-state index in [-0.39, 0.29) is 0 Å². The van der Waals surface area contributed by atoms with Crippen LogP contribution in [0.4, 0.5) is 0 Å². The first kappa shape index (κ1) is 16.9. The van der Waals surface area contributed by atoms with Crippen LogP contribution in [-0.4, -0.2) is 18.4 Å². The standard InChI is InChI=1S/3C6H11.C5H7.Sn/c3*1-2-4-6-5-3-1;1-4-2-5(1)3-4;/h3*1H,2-6H2;4H,1-3H2;. The predicted octanol–water partition coefficient (Wildman–Crippen LogP) is 7.99. The van der Waals surface area contributed by atoms with Gasteiger partial charge in [0.05, 0.1) is 0 Å². The maximum atomic E-state index is 1.76. The second-order valence-electron chi connectivity index (χ2n) is 10.7. The van der Waals surface area contributed by atoms with Crippen LogP contribution in [0.15, 0.2) is 0 Å². The Morgan fingerprint density at radius 3 is 1.04 bits per heavy atom. The van der Waals surface area contributed by atoms with Crippen molar-refractivity contribution in [3.8, 4) is 0 Å². The second kappa shape index (κ2) is 6.75. The van der Waals surface area contributed by atoms with Crippen molar-refractivity contribution in [1.29, 1.82) is 0 Å². The van der Waals surface area contributed by atoms with Crippen molar-refractivity contribution in [2.45, 2.75) is 131 Å². The molecule has 0 unspecified atom stereocenters. The van der Waals surface area contributed by atoms with Gasteiger partial charge in [0.2, 0.25) is 0 Å². The van der Waals surface area contributed by atoms with Gasteiger partial charge in [-0.25, -0.2) is 0 Å². The summed E-state index contributed by atoms with van der Waals surface area (Å²) in [6, 6.07) is 0. The monoisotopic (exact) mass is 436 g/mol. The van der Waals surface area contributed by atoms with Gasteiger partial charge in [-0.2, -0.15) is 0 Å². The molecule has 24 heavy (non-hydrogen) atoms. The molecule has 6 fully saturated rings. The van der Waals surface area contributed by atoms with Gasteiger partial charge >= 0.3 is 155 Å². The van der Waals surface area contributed by atoms with Crippen molar-refractivity contribution >= 4 is 18.4 Å². The van der Waals surface area contributed by atoms with E-state index in [1.54, 1.807) is 116 Å². The van der Waals surface area contributed by atoms with Crippen LogP contribution in [0.1, 0.15) is 116 Å². The fraction of sp³-hybridized carbons (Fsp3) is 1.00. The van der Waals surface area contributed by atoms with E-state index in [1.165, 1.54) is 17.7 Å². The molecule has 0 aliphatic heterocycles. The summed E-state index contributed by atoms with van der Waals surface area (Å²) in [7, 11) is 0. The van der Waals surface area contributed by atoms with E-state index >= 15 is 0 Å². The number of hydrogen-bond donors (Lipinski definition) is 0. The first-order valence-electron chi connectivity index (χ1n) is 11.9. The zero-order valence-corrected chi connectivity index (χ0v) is 18.9. The van der Waals surface area contributed by atoms with Gasteiger partial charge in [0, 0.05) is 0 Å². The Hall–Kier alpha value is 0.799. The first-order chi connectivity index (χ1) is 11.9. The van der Waals surface area contributed by atoms with Crippen LogP contribution in [0.25, 0.3) is 0 Å². The van der Waals surface area contributed by atoms with E-state index in [9.17, 15) is 0 Å². The molecular weight excluding hydrogens is 395 g/mol. The summed E-state index contributed by atoms with van der Waals surface area (Å²) < 4.78 is 5.06. The summed E-state index contributed by atoms with van der Waals surface area (Å²) in [5.74, 6) is 1.22. The van der Waals surface area contributed by atoms with Gasteiger partial charge in [0.25, 0.3) is 0 Å². The summed E-state index contributed by atoms with van der Waals surface area (Å²) in [5.41, 5.74) is 0. The van der Waals surface area contributed by atoms with Crippen LogP contribution < -0.4 is 0 Å². The van der Waals surface area contributed by atoms with E-state index in [2.05, 4.69) is 0 Å². The summed E-state index contributed by atoms with van der Waals surface area (Å²) in [5, 5.41) is 0. The van der Waals surface area contributed by atoms with Crippen molar-refractivity contribution in [3.63, 3.8) is 0 Å². The Labute approximate surface area is 154 Å². The van der Waals surface area contributed by atoms with Gasteiger partial charge in [-0.15, -0.1) is 0 Å². The molecule has 0 N–H and O–H groups in total. The molecule has 6 rings (SSSR count). The van der Waals surface area contributed by atoms with E-state index in [1.807, 2.05) is 0 Å². The Balaban J connectivity index is 1.55. The summed E-state index contributed by atoms with van der Waals surface area (Å²) in [6.07, 6.45) is 29.9. The van der Waals surface area contributed by atoms with Crippen molar-refractivity contribution in [1.82, 2.24) is 0 Å². The van der Waals surface area contributed by atoms with Crippen molar-refractivity contribution in [2.75, 3.05) is 0 Å². The number of rotatable bonds is 4. The van der Waals surface area contributed by atoms with Crippen LogP contribution in [0.3, 0.4) is 0 Å². The van der Waals surface area contributed by atoms with Crippen molar-refractivity contribution in [2.24, 2.45) is 5.92 Å². The topological polar surface area (TPSA) is 0 Å². The van der Waals surface area contributed by atoms with E-state index < -0.39 is 18.4 Å². The molecule has 0 aromatic heterocycles. The molecule has 0 nitrogen and oxygen atoms in total. The fourth-order valence-corrected chi connectivity index (χ4v) is 39.3. The Morgan fingerprint density at radius 2 is 0.792 bits per heavy atom. The molecule has 0 radical (unpaired) electrons. The molecule has 6 aliphatic carbocycles. The minimum atomic E-state index is -2.18. The van der Waals surface area contributed by atoms with E-state index in [0.29, 0.717) is 0 Å². The molecular formula is C23H40Sn. The molecule has 2 bridgehead atoms. The van der Waals surface area contributed by atoms with Crippen LogP contribution in [-0.2, 0) is 0 Å².